The Labute approximate surface area is 321 Å². The molecule has 54 heavy (non-hydrogen) atoms. The van der Waals surface area contributed by atoms with Crippen molar-refractivity contribution in [3.63, 3.8) is 0 Å². The molecule has 2 heterocycles. The molecule has 1 atom stereocenters. The van der Waals surface area contributed by atoms with E-state index < -0.39 is 0 Å². The minimum Gasteiger partial charge on any atom is -0.377 e. The lowest BCUT2D eigenvalue weighted by atomic mass is 10.0. The Balaban J connectivity index is 0.00000100. The van der Waals surface area contributed by atoms with Gasteiger partial charge in [-0.3, -0.25) is 0 Å². The van der Waals surface area contributed by atoms with E-state index in [4.69, 9.17) is 0 Å². The van der Waals surface area contributed by atoms with Crippen LogP contribution in [-0.4, -0.2) is 4.57 Å². The molecule has 10 aromatic rings. The number of nitrogens with zero attached hydrogens (tertiary/aromatic N) is 1. The van der Waals surface area contributed by atoms with Crippen LogP contribution in [0.2, 0.25) is 0 Å². The van der Waals surface area contributed by atoms with Gasteiger partial charge in [0.15, 0.2) is 0 Å². The monoisotopic (exact) mass is 719 g/mol. The number of aromatic nitrogens is 1. The number of hydrogen-bond donors (Lipinski definition) is 2. The highest BCUT2D eigenvalue weighted by Crippen LogP contribution is 2.44. The highest BCUT2D eigenvalue weighted by molar-refractivity contribution is 7.26. The Hall–Kier alpha value is -6.10. The quantitative estimate of drug-likeness (QED) is 0.179. The van der Waals surface area contributed by atoms with E-state index in [-0.39, 0.29) is 6.04 Å². The van der Waals surface area contributed by atoms with Crippen molar-refractivity contribution in [1.29, 1.82) is 0 Å². The van der Waals surface area contributed by atoms with E-state index >= 15 is 0 Å². The zero-order chi connectivity index (χ0) is 37.2. The lowest BCUT2D eigenvalue weighted by Gasteiger charge is -2.20. The summed E-state index contributed by atoms with van der Waals surface area (Å²) < 4.78 is 5.10. The number of para-hydroxylation sites is 3. The number of nitrogens with one attached hydrogen (secondary N) is 2. The number of rotatable bonds is 6. The van der Waals surface area contributed by atoms with Crippen LogP contribution in [0.5, 0.6) is 0 Å². The first-order chi connectivity index (χ1) is 26.7. The highest BCUT2D eigenvalue weighted by Gasteiger charge is 2.19. The Morgan fingerprint density at radius 2 is 1.09 bits per heavy atom. The van der Waals surface area contributed by atoms with Crippen LogP contribution in [0.25, 0.3) is 69.2 Å². The Morgan fingerprint density at radius 3 is 1.81 bits per heavy atom. The van der Waals surface area contributed by atoms with Crippen molar-refractivity contribution in [1.82, 2.24) is 4.57 Å². The second-order valence-corrected chi connectivity index (χ2v) is 14.2. The Bertz CT molecular complexity index is 2880. The second-order valence-electron chi connectivity index (χ2n) is 13.1. The largest absolute Gasteiger partial charge is 0.377 e. The molecule has 3 nitrogen and oxygen atoms in total. The summed E-state index contributed by atoms with van der Waals surface area (Å²) in [5, 5.41) is 17.8. The average molecular weight is 720 g/mol. The van der Waals surface area contributed by atoms with Gasteiger partial charge in [0.25, 0.3) is 0 Å². The van der Waals surface area contributed by atoms with E-state index in [1.807, 2.05) is 45.1 Å². The summed E-state index contributed by atoms with van der Waals surface area (Å²) in [5.41, 5.74) is 8.05. The molecule has 0 aliphatic heterocycles. The molecule has 0 saturated carbocycles. The highest BCUT2D eigenvalue weighted by atomic mass is 32.1. The standard InChI is InChI=1S/C46H33N3S.2C2H6/c1-29(47-39-17-9-10-18-40(39)48-33-13-3-2-4-14-33)30-19-23-34(24-20-30)49-41-25-21-31-11-5-7-15-35(31)45(41)37-27-38-44(28-42(37)49)50-43-26-22-32-12-6-8-16-36(32)46(38)43;2*1-2/h2-29,47-48H,1H3;2*1-2H3. The van der Waals surface area contributed by atoms with E-state index in [1.165, 1.54) is 69.1 Å². The summed E-state index contributed by atoms with van der Waals surface area (Å²) in [6.07, 6.45) is 0. The molecule has 0 fully saturated rings. The molecule has 2 N–H and O–H groups in total. The van der Waals surface area contributed by atoms with Gasteiger partial charge in [-0.15, -0.1) is 11.3 Å². The zero-order valence-corrected chi connectivity index (χ0v) is 32.3. The van der Waals surface area contributed by atoms with Crippen molar-refractivity contribution < 1.29 is 0 Å². The third-order valence-corrected chi connectivity index (χ3v) is 11.3. The van der Waals surface area contributed by atoms with Gasteiger partial charge in [-0.25, -0.2) is 0 Å². The van der Waals surface area contributed by atoms with E-state index in [0.717, 1.165) is 22.7 Å². The van der Waals surface area contributed by atoms with Crippen LogP contribution < -0.4 is 10.6 Å². The molecule has 8 aromatic carbocycles. The summed E-state index contributed by atoms with van der Waals surface area (Å²) in [6, 6.07) is 59.5. The first-order valence-electron chi connectivity index (χ1n) is 19.2. The van der Waals surface area contributed by atoms with Crippen LogP contribution in [0.15, 0.2) is 164 Å². The summed E-state index contributed by atoms with van der Waals surface area (Å²) in [7, 11) is 0. The van der Waals surface area contributed by atoms with Crippen LogP contribution in [0.4, 0.5) is 17.1 Å². The minimum atomic E-state index is 0.109. The van der Waals surface area contributed by atoms with Crippen LogP contribution >= 0.6 is 11.3 Å². The van der Waals surface area contributed by atoms with Gasteiger partial charge in [-0.05, 0) is 94.7 Å². The maximum atomic E-state index is 3.76. The van der Waals surface area contributed by atoms with Crippen LogP contribution in [-0.2, 0) is 0 Å². The van der Waals surface area contributed by atoms with Crippen LogP contribution in [0.3, 0.4) is 0 Å². The van der Waals surface area contributed by atoms with Gasteiger partial charge in [0.2, 0.25) is 0 Å². The number of hydrogen-bond acceptors (Lipinski definition) is 3. The molecule has 266 valence electrons. The van der Waals surface area contributed by atoms with Gasteiger partial charge in [-0.1, -0.05) is 131 Å². The Morgan fingerprint density at radius 1 is 0.481 bits per heavy atom. The smallest absolute Gasteiger partial charge is 0.0620 e. The van der Waals surface area contributed by atoms with Crippen molar-refractivity contribution in [3.05, 3.63) is 169 Å². The minimum absolute atomic E-state index is 0.109. The predicted octanol–water partition coefficient (Wildman–Crippen LogP) is 15.4. The second kappa shape index (κ2) is 15.1. The number of benzene rings is 8. The first kappa shape index (κ1) is 35.0. The number of anilines is 3. The maximum Gasteiger partial charge on any atom is 0.0620 e. The molecule has 0 bridgehead atoms. The van der Waals surface area contributed by atoms with Crippen molar-refractivity contribution in [2.75, 3.05) is 10.6 Å². The van der Waals surface area contributed by atoms with Crippen molar-refractivity contribution >= 4 is 91.9 Å². The van der Waals surface area contributed by atoms with Gasteiger partial charge in [0, 0.05) is 48.4 Å². The van der Waals surface area contributed by atoms with E-state index in [9.17, 15) is 0 Å². The lowest BCUT2D eigenvalue weighted by Crippen LogP contribution is -2.08. The molecule has 4 heteroatoms. The topological polar surface area (TPSA) is 29.0 Å². The first-order valence-corrected chi connectivity index (χ1v) is 20.0. The van der Waals surface area contributed by atoms with E-state index in [1.54, 1.807) is 0 Å². The Kier molecular flexibility index (Phi) is 9.77. The van der Waals surface area contributed by atoms with Crippen LogP contribution in [0.1, 0.15) is 46.2 Å². The van der Waals surface area contributed by atoms with Crippen molar-refractivity contribution in [2.45, 2.75) is 40.7 Å². The third kappa shape index (κ3) is 6.13. The molecule has 0 radical (unpaired) electrons. The number of thiophene rings is 1. The van der Waals surface area contributed by atoms with E-state index in [0.29, 0.717) is 0 Å². The fraction of sp³-hybridized carbons (Fsp3) is 0.120. The molecular weight excluding hydrogens is 675 g/mol. The molecule has 0 saturated heterocycles. The summed E-state index contributed by atoms with van der Waals surface area (Å²) >= 11 is 1.89. The van der Waals surface area contributed by atoms with Gasteiger partial charge >= 0.3 is 0 Å². The number of fused-ring (bicyclic) bond motifs is 10. The zero-order valence-electron chi connectivity index (χ0n) is 31.5. The van der Waals surface area contributed by atoms with Gasteiger partial charge in [-0.2, -0.15) is 0 Å². The molecule has 0 amide bonds. The molecule has 0 aliphatic rings. The lowest BCUT2D eigenvalue weighted by molar-refractivity contribution is 0.884. The van der Waals surface area contributed by atoms with Gasteiger partial charge in [0.05, 0.1) is 22.4 Å². The molecule has 0 spiro atoms. The molecule has 2 aromatic heterocycles. The molecule has 1 unspecified atom stereocenters. The maximum absolute atomic E-state index is 3.76. The summed E-state index contributed by atoms with van der Waals surface area (Å²) in [4.78, 5) is 0. The average Bonchev–Trinajstić information content (AvgIpc) is 3.77. The fourth-order valence-electron chi connectivity index (χ4n) is 7.73. The van der Waals surface area contributed by atoms with Gasteiger partial charge < -0.3 is 15.2 Å². The van der Waals surface area contributed by atoms with Gasteiger partial charge in [0.1, 0.15) is 0 Å². The molecular formula is C50H45N3S. The SMILES string of the molecule is CC.CC.CC(Nc1ccccc1Nc1ccccc1)c1ccc(-n2c3cc4sc5ccc6ccccc6c5c4cc3c3c4ccccc4ccc32)cc1. The van der Waals surface area contributed by atoms with Crippen molar-refractivity contribution in [3.8, 4) is 5.69 Å². The van der Waals surface area contributed by atoms with Crippen LogP contribution in [0, 0.1) is 0 Å². The normalized spacial score (nSPS) is 11.7. The predicted molar refractivity (Wildman–Crippen MR) is 240 cm³/mol. The van der Waals surface area contributed by atoms with E-state index in [2.05, 4.69) is 180 Å². The fourth-order valence-corrected chi connectivity index (χ4v) is 8.86. The summed E-state index contributed by atoms with van der Waals surface area (Å²) in [5.74, 6) is 0. The molecule has 0 aliphatic carbocycles. The summed E-state index contributed by atoms with van der Waals surface area (Å²) in [6.45, 7) is 10.2. The van der Waals surface area contributed by atoms with Crippen molar-refractivity contribution in [2.24, 2.45) is 0 Å². The third-order valence-electron chi connectivity index (χ3n) is 10.1. The molecule has 10 rings (SSSR count).